The van der Waals surface area contributed by atoms with Crippen molar-refractivity contribution >= 4 is 17.4 Å². The zero-order valence-electron chi connectivity index (χ0n) is 9.76. The Kier molecular flexibility index (Phi) is 2.81. The standard InChI is InChI=1S/C13H15N3S/c1-16-7-11(6-14-16)15-13-9-17-8-10-4-2-3-5-12(10)13/h2-7,13,15H,8-9H2,1H3. The zero-order valence-corrected chi connectivity index (χ0v) is 10.6. The molecule has 17 heavy (non-hydrogen) atoms. The van der Waals surface area contributed by atoms with Crippen molar-refractivity contribution in [3.63, 3.8) is 0 Å². The topological polar surface area (TPSA) is 29.9 Å². The summed E-state index contributed by atoms with van der Waals surface area (Å²) in [5.74, 6) is 2.24. The van der Waals surface area contributed by atoms with Crippen molar-refractivity contribution in [2.24, 2.45) is 7.05 Å². The van der Waals surface area contributed by atoms with Crippen molar-refractivity contribution in [2.45, 2.75) is 11.8 Å². The summed E-state index contributed by atoms with van der Waals surface area (Å²) in [5.41, 5.74) is 3.97. The number of nitrogens with one attached hydrogen (secondary N) is 1. The van der Waals surface area contributed by atoms with Gasteiger partial charge in [0.25, 0.3) is 0 Å². The van der Waals surface area contributed by atoms with Crippen molar-refractivity contribution in [3.8, 4) is 0 Å². The highest BCUT2D eigenvalue weighted by Gasteiger charge is 2.19. The van der Waals surface area contributed by atoms with E-state index in [0.29, 0.717) is 6.04 Å². The van der Waals surface area contributed by atoms with E-state index in [0.717, 1.165) is 17.2 Å². The van der Waals surface area contributed by atoms with Gasteiger partial charge in [0.05, 0.1) is 17.9 Å². The Balaban J connectivity index is 1.85. The molecule has 88 valence electrons. The number of anilines is 1. The Morgan fingerprint density at radius 3 is 3.12 bits per heavy atom. The first-order valence-corrected chi connectivity index (χ1v) is 6.89. The smallest absolute Gasteiger partial charge is 0.0731 e. The van der Waals surface area contributed by atoms with Gasteiger partial charge < -0.3 is 5.32 Å². The van der Waals surface area contributed by atoms with Crippen LogP contribution in [0, 0.1) is 0 Å². The highest BCUT2D eigenvalue weighted by atomic mass is 32.2. The lowest BCUT2D eigenvalue weighted by molar-refractivity contribution is 0.767. The molecule has 0 radical (unpaired) electrons. The number of nitrogens with zero attached hydrogens (tertiary/aromatic N) is 2. The molecule has 1 unspecified atom stereocenters. The van der Waals surface area contributed by atoms with E-state index in [4.69, 9.17) is 0 Å². The molecule has 0 aliphatic carbocycles. The average molecular weight is 245 g/mol. The maximum absolute atomic E-state index is 4.19. The third kappa shape index (κ3) is 2.17. The molecular weight excluding hydrogens is 230 g/mol. The fraction of sp³-hybridized carbons (Fsp3) is 0.308. The number of fused-ring (bicyclic) bond motifs is 1. The largest absolute Gasteiger partial charge is 0.375 e. The molecule has 1 aliphatic rings. The van der Waals surface area contributed by atoms with Gasteiger partial charge >= 0.3 is 0 Å². The number of hydrogen-bond acceptors (Lipinski definition) is 3. The summed E-state index contributed by atoms with van der Waals surface area (Å²) in [5, 5.41) is 7.74. The van der Waals surface area contributed by atoms with Crippen LogP contribution in [-0.2, 0) is 12.8 Å². The number of aromatic nitrogens is 2. The van der Waals surface area contributed by atoms with Gasteiger partial charge in [-0.05, 0) is 11.1 Å². The van der Waals surface area contributed by atoms with Gasteiger partial charge in [0.1, 0.15) is 0 Å². The summed E-state index contributed by atoms with van der Waals surface area (Å²) in [7, 11) is 1.94. The maximum atomic E-state index is 4.19. The number of thioether (sulfide) groups is 1. The van der Waals surface area contributed by atoms with Crippen LogP contribution in [0.4, 0.5) is 5.69 Å². The lowest BCUT2D eigenvalue weighted by atomic mass is 10.0. The summed E-state index contributed by atoms with van der Waals surface area (Å²) in [6, 6.07) is 9.08. The third-order valence-corrected chi connectivity index (χ3v) is 4.10. The minimum Gasteiger partial charge on any atom is -0.375 e. The maximum Gasteiger partial charge on any atom is 0.0731 e. The van der Waals surface area contributed by atoms with Gasteiger partial charge in [-0.3, -0.25) is 4.68 Å². The van der Waals surface area contributed by atoms with E-state index in [2.05, 4.69) is 34.7 Å². The van der Waals surface area contributed by atoms with Crippen molar-refractivity contribution in [1.82, 2.24) is 9.78 Å². The predicted octanol–water partition coefficient (Wildman–Crippen LogP) is 2.82. The summed E-state index contributed by atoms with van der Waals surface area (Å²) in [4.78, 5) is 0. The number of hydrogen-bond donors (Lipinski definition) is 1. The van der Waals surface area contributed by atoms with Crippen molar-refractivity contribution < 1.29 is 0 Å². The molecule has 0 saturated heterocycles. The van der Waals surface area contributed by atoms with Crippen molar-refractivity contribution in [3.05, 3.63) is 47.8 Å². The van der Waals surface area contributed by atoms with Crippen LogP contribution in [0.25, 0.3) is 0 Å². The molecule has 0 fully saturated rings. The molecular formula is C13H15N3S. The van der Waals surface area contributed by atoms with Crippen LogP contribution in [0.1, 0.15) is 17.2 Å². The van der Waals surface area contributed by atoms with Gasteiger partial charge in [-0.25, -0.2) is 0 Å². The van der Waals surface area contributed by atoms with E-state index >= 15 is 0 Å². The molecule has 1 aliphatic heterocycles. The van der Waals surface area contributed by atoms with Crippen molar-refractivity contribution in [1.29, 1.82) is 0 Å². The second kappa shape index (κ2) is 4.45. The van der Waals surface area contributed by atoms with E-state index in [1.165, 1.54) is 11.1 Å². The first-order chi connectivity index (χ1) is 8.33. The quantitative estimate of drug-likeness (QED) is 0.882. The molecule has 1 atom stereocenters. The number of aryl methyl sites for hydroxylation is 1. The summed E-state index contributed by atoms with van der Waals surface area (Å²) >= 11 is 1.98. The monoisotopic (exact) mass is 245 g/mol. The zero-order chi connectivity index (χ0) is 11.7. The van der Waals surface area contributed by atoms with Crippen LogP contribution in [0.3, 0.4) is 0 Å². The van der Waals surface area contributed by atoms with E-state index in [9.17, 15) is 0 Å². The lowest BCUT2D eigenvalue weighted by Gasteiger charge is -2.26. The Bertz CT molecular complexity index is 521. The van der Waals surface area contributed by atoms with Crippen molar-refractivity contribution in [2.75, 3.05) is 11.1 Å². The molecule has 0 bridgehead atoms. The Hall–Kier alpha value is -1.42. The van der Waals surface area contributed by atoms with Crippen LogP contribution < -0.4 is 5.32 Å². The Morgan fingerprint density at radius 2 is 2.29 bits per heavy atom. The average Bonchev–Trinajstić information content (AvgIpc) is 2.75. The second-order valence-corrected chi connectivity index (χ2v) is 5.34. The van der Waals surface area contributed by atoms with E-state index in [-0.39, 0.29) is 0 Å². The molecule has 2 aromatic rings. The molecule has 1 aromatic heterocycles. The van der Waals surface area contributed by atoms with Gasteiger partial charge in [0.15, 0.2) is 0 Å². The molecule has 4 heteroatoms. The molecule has 1 aromatic carbocycles. The highest BCUT2D eigenvalue weighted by molar-refractivity contribution is 7.98. The lowest BCUT2D eigenvalue weighted by Crippen LogP contribution is -2.18. The fourth-order valence-corrected chi connectivity index (χ4v) is 3.30. The van der Waals surface area contributed by atoms with E-state index < -0.39 is 0 Å². The van der Waals surface area contributed by atoms with Gasteiger partial charge in [-0.1, -0.05) is 24.3 Å². The molecule has 3 nitrogen and oxygen atoms in total. The number of rotatable bonds is 2. The minimum atomic E-state index is 0.397. The first-order valence-electron chi connectivity index (χ1n) is 5.73. The second-order valence-electron chi connectivity index (χ2n) is 4.31. The summed E-state index contributed by atoms with van der Waals surface area (Å²) < 4.78 is 1.82. The SMILES string of the molecule is Cn1cc(NC2CSCc3ccccc32)cn1. The fourth-order valence-electron chi connectivity index (χ4n) is 2.20. The molecule has 0 spiro atoms. The third-order valence-electron chi connectivity index (χ3n) is 3.02. The summed E-state index contributed by atoms with van der Waals surface area (Å²) in [6.07, 6.45) is 3.89. The normalized spacial score (nSPS) is 18.8. The Labute approximate surface area is 105 Å². The van der Waals surface area contributed by atoms with Crippen LogP contribution in [-0.4, -0.2) is 15.5 Å². The Morgan fingerprint density at radius 1 is 1.41 bits per heavy atom. The van der Waals surface area contributed by atoms with Gasteiger partial charge in [0.2, 0.25) is 0 Å². The molecule has 1 N–H and O–H groups in total. The first kappa shape index (κ1) is 10.7. The molecule has 0 saturated carbocycles. The molecule has 0 amide bonds. The van der Waals surface area contributed by atoms with Crippen LogP contribution >= 0.6 is 11.8 Å². The van der Waals surface area contributed by atoms with Gasteiger partial charge in [-0.15, -0.1) is 0 Å². The van der Waals surface area contributed by atoms with Crippen LogP contribution in [0.15, 0.2) is 36.7 Å². The predicted molar refractivity (Wildman–Crippen MR) is 72.2 cm³/mol. The molecule has 2 heterocycles. The van der Waals surface area contributed by atoms with E-state index in [1.54, 1.807) is 0 Å². The minimum absolute atomic E-state index is 0.397. The number of benzene rings is 1. The van der Waals surface area contributed by atoms with Crippen LogP contribution in [0.5, 0.6) is 0 Å². The molecule has 3 rings (SSSR count). The summed E-state index contributed by atoms with van der Waals surface area (Å²) in [6.45, 7) is 0. The highest BCUT2D eigenvalue weighted by Crippen LogP contribution is 2.33. The van der Waals surface area contributed by atoms with Gasteiger partial charge in [-0.2, -0.15) is 16.9 Å². The van der Waals surface area contributed by atoms with Gasteiger partial charge in [0, 0.05) is 24.8 Å². The van der Waals surface area contributed by atoms with Crippen LogP contribution in [0.2, 0.25) is 0 Å². The van der Waals surface area contributed by atoms with E-state index in [1.807, 2.05) is 35.9 Å².